The van der Waals surface area contributed by atoms with E-state index in [0.29, 0.717) is 11.2 Å². The molecule has 0 aliphatic carbocycles. The number of nitrogens with one attached hydrogen (secondary N) is 2. The Labute approximate surface area is 193 Å². The molecule has 0 unspecified atom stereocenters. The molecule has 0 saturated carbocycles. The van der Waals surface area contributed by atoms with Gasteiger partial charge in [0.1, 0.15) is 16.9 Å². The molecule has 1 amide bonds. The molecule has 2 heterocycles. The Morgan fingerprint density at radius 3 is 2.48 bits per heavy atom. The number of halogens is 2. The Morgan fingerprint density at radius 1 is 1.09 bits per heavy atom. The maximum absolute atomic E-state index is 14.4. The minimum absolute atomic E-state index is 0.0495. The van der Waals surface area contributed by atoms with Crippen molar-refractivity contribution in [3.05, 3.63) is 103 Å². The first kappa shape index (κ1) is 22.3. The molecule has 0 atom stereocenters. The summed E-state index contributed by atoms with van der Waals surface area (Å²) in [7, 11) is 3.79. The van der Waals surface area contributed by atoms with Gasteiger partial charge in [-0.15, -0.1) is 0 Å². The Balaban J connectivity index is 1.79. The highest BCUT2D eigenvalue weighted by Crippen LogP contribution is 2.22. The molecule has 0 aliphatic heterocycles. The first-order valence-electron chi connectivity index (χ1n) is 10.0. The molecule has 7 nitrogen and oxygen atoms in total. The number of fused-ring (bicyclic) bond motifs is 1. The summed E-state index contributed by atoms with van der Waals surface area (Å²) < 4.78 is 15.9. The molecule has 4 rings (SSSR count). The van der Waals surface area contributed by atoms with Crippen LogP contribution in [0.15, 0.2) is 70.4 Å². The largest absolute Gasteiger partial charge is 0.378 e. The average Bonchev–Trinajstić information content (AvgIpc) is 2.78. The molecule has 0 bridgehead atoms. The van der Waals surface area contributed by atoms with Crippen LogP contribution in [0.3, 0.4) is 0 Å². The first-order chi connectivity index (χ1) is 15.7. The van der Waals surface area contributed by atoms with Gasteiger partial charge in [0.15, 0.2) is 0 Å². The van der Waals surface area contributed by atoms with Crippen molar-refractivity contribution in [2.45, 2.75) is 6.54 Å². The van der Waals surface area contributed by atoms with Crippen LogP contribution in [-0.2, 0) is 6.54 Å². The molecule has 168 valence electrons. The summed E-state index contributed by atoms with van der Waals surface area (Å²) in [4.78, 5) is 42.3. The minimum atomic E-state index is -0.655. The molecule has 0 saturated heterocycles. The van der Waals surface area contributed by atoms with Gasteiger partial charge in [0, 0.05) is 48.3 Å². The van der Waals surface area contributed by atoms with E-state index >= 15 is 0 Å². The van der Waals surface area contributed by atoms with Gasteiger partial charge in [-0.05, 0) is 42.5 Å². The normalized spacial score (nSPS) is 10.9. The van der Waals surface area contributed by atoms with Crippen LogP contribution in [0.4, 0.5) is 15.8 Å². The zero-order valence-corrected chi connectivity index (χ0v) is 18.6. The Morgan fingerprint density at radius 2 is 1.82 bits per heavy atom. The van der Waals surface area contributed by atoms with E-state index in [2.05, 4.69) is 10.3 Å². The number of carbonyl (C=O) groups excluding carboxylic acids is 1. The Bertz CT molecular complexity index is 1460. The van der Waals surface area contributed by atoms with Crippen LogP contribution in [0.5, 0.6) is 0 Å². The van der Waals surface area contributed by atoms with Crippen molar-refractivity contribution in [1.29, 1.82) is 0 Å². The molecule has 0 fully saturated rings. The van der Waals surface area contributed by atoms with Crippen molar-refractivity contribution in [2.75, 3.05) is 24.3 Å². The van der Waals surface area contributed by atoms with Crippen LogP contribution in [0.25, 0.3) is 11.0 Å². The fourth-order valence-corrected chi connectivity index (χ4v) is 3.71. The molecule has 33 heavy (non-hydrogen) atoms. The fourth-order valence-electron chi connectivity index (χ4n) is 3.49. The number of pyridine rings is 2. The number of nitrogens with zero attached hydrogens (tertiary/aromatic N) is 2. The van der Waals surface area contributed by atoms with Gasteiger partial charge in [-0.2, -0.15) is 0 Å². The maximum atomic E-state index is 14.4. The predicted octanol–water partition coefficient (Wildman–Crippen LogP) is 3.85. The van der Waals surface area contributed by atoms with E-state index < -0.39 is 22.7 Å². The standard InChI is InChI=1S/C24H20ClFN4O3/c1-29(2)15-8-6-14(7-9-15)27-24(33)17-13-30(12-16-18(25)4-3-5-19(16)26)20-10-11-21(31)28-22(20)23(17)32/h3-11,13H,12H2,1-2H3,(H,27,33)(H,28,31). The lowest BCUT2D eigenvalue weighted by molar-refractivity contribution is 0.102. The van der Waals surface area contributed by atoms with Crippen molar-refractivity contribution < 1.29 is 9.18 Å². The van der Waals surface area contributed by atoms with E-state index in [1.807, 2.05) is 31.1 Å². The summed E-state index contributed by atoms with van der Waals surface area (Å²) in [6, 6.07) is 14.1. The quantitative estimate of drug-likeness (QED) is 0.467. The second-order valence-corrected chi connectivity index (χ2v) is 8.09. The lowest BCUT2D eigenvalue weighted by atomic mass is 10.1. The van der Waals surface area contributed by atoms with Crippen LogP contribution in [0.1, 0.15) is 15.9 Å². The average molecular weight is 467 g/mol. The van der Waals surface area contributed by atoms with E-state index in [9.17, 15) is 18.8 Å². The number of amides is 1. The second-order valence-electron chi connectivity index (χ2n) is 7.68. The summed E-state index contributed by atoms with van der Waals surface area (Å²) >= 11 is 6.18. The minimum Gasteiger partial charge on any atom is -0.378 e. The third kappa shape index (κ3) is 4.51. The van der Waals surface area contributed by atoms with Crippen molar-refractivity contribution in [3.8, 4) is 0 Å². The van der Waals surface area contributed by atoms with Crippen molar-refractivity contribution in [1.82, 2.24) is 9.55 Å². The summed E-state index contributed by atoms with van der Waals surface area (Å²) in [5, 5.41) is 2.90. The summed E-state index contributed by atoms with van der Waals surface area (Å²) in [6.07, 6.45) is 1.34. The maximum Gasteiger partial charge on any atom is 0.261 e. The van der Waals surface area contributed by atoms with E-state index in [-0.39, 0.29) is 28.2 Å². The molecule has 0 aliphatic rings. The number of aromatic amines is 1. The summed E-state index contributed by atoms with van der Waals surface area (Å²) in [6.45, 7) is -0.0495. The van der Waals surface area contributed by atoms with Crippen LogP contribution in [-0.4, -0.2) is 29.6 Å². The van der Waals surface area contributed by atoms with Crippen LogP contribution >= 0.6 is 11.6 Å². The highest BCUT2D eigenvalue weighted by Gasteiger charge is 2.18. The number of benzene rings is 2. The molecule has 2 aromatic carbocycles. The molecular weight excluding hydrogens is 447 g/mol. The molecule has 4 aromatic rings. The highest BCUT2D eigenvalue weighted by atomic mass is 35.5. The summed E-state index contributed by atoms with van der Waals surface area (Å²) in [5.74, 6) is -1.18. The van der Waals surface area contributed by atoms with Crippen LogP contribution < -0.4 is 21.2 Å². The van der Waals surface area contributed by atoms with E-state index in [4.69, 9.17) is 11.6 Å². The lowest BCUT2D eigenvalue weighted by Crippen LogP contribution is -2.26. The zero-order chi connectivity index (χ0) is 23.7. The lowest BCUT2D eigenvalue weighted by Gasteiger charge is -2.15. The third-order valence-electron chi connectivity index (χ3n) is 5.24. The van der Waals surface area contributed by atoms with Gasteiger partial charge in [-0.3, -0.25) is 14.4 Å². The smallest absolute Gasteiger partial charge is 0.261 e. The molecule has 0 radical (unpaired) electrons. The van der Waals surface area contributed by atoms with E-state index in [1.54, 1.807) is 18.2 Å². The van der Waals surface area contributed by atoms with Gasteiger partial charge >= 0.3 is 0 Å². The number of hydrogen-bond donors (Lipinski definition) is 2. The SMILES string of the molecule is CN(C)c1ccc(NC(=O)c2cn(Cc3c(F)cccc3Cl)c3ccc(=O)[nH]c3c2=O)cc1. The molecule has 2 N–H and O–H groups in total. The summed E-state index contributed by atoms with van der Waals surface area (Å²) in [5.41, 5.74) is 0.592. The van der Waals surface area contributed by atoms with Crippen LogP contribution in [0, 0.1) is 5.82 Å². The van der Waals surface area contributed by atoms with Crippen molar-refractivity contribution >= 4 is 39.9 Å². The molecule has 9 heteroatoms. The zero-order valence-electron chi connectivity index (χ0n) is 17.9. The molecule has 2 aromatic heterocycles. The number of H-pyrrole nitrogens is 1. The van der Waals surface area contributed by atoms with Gasteiger partial charge < -0.3 is 19.8 Å². The van der Waals surface area contributed by atoms with Gasteiger partial charge in [-0.25, -0.2) is 4.39 Å². The number of aromatic nitrogens is 2. The van der Waals surface area contributed by atoms with E-state index in [0.717, 1.165) is 5.69 Å². The first-order valence-corrected chi connectivity index (χ1v) is 10.4. The van der Waals surface area contributed by atoms with Crippen molar-refractivity contribution in [3.63, 3.8) is 0 Å². The van der Waals surface area contributed by atoms with Gasteiger partial charge in [0.05, 0.1) is 12.1 Å². The van der Waals surface area contributed by atoms with Crippen LogP contribution in [0.2, 0.25) is 5.02 Å². The molecule has 0 spiro atoms. The number of hydrogen-bond acceptors (Lipinski definition) is 4. The topological polar surface area (TPSA) is 87.2 Å². The van der Waals surface area contributed by atoms with Gasteiger partial charge in [-0.1, -0.05) is 17.7 Å². The van der Waals surface area contributed by atoms with Gasteiger partial charge in [0.2, 0.25) is 11.0 Å². The monoisotopic (exact) mass is 466 g/mol. The van der Waals surface area contributed by atoms with Gasteiger partial charge in [0.25, 0.3) is 5.91 Å². The van der Waals surface area contributed by atoms with E-state index in [1.165, 1.54) is 35.0 Å². The van der Waals surface area contributed by atoms with Crippen molar-refractivity contribution in [2.24, 2.45) is 0 Å². The Kier molecular flexibility index (Phi) is 6.02. The number of rotatable bonds is 5. The second kappa shape index (κ2) is 8.91. The fraction of sp³-hybridized carbons (Fsp3) is 0.125. The highest BCUT2D eigenvalue weighted by molar-refractivity contribution is 6.31. The number of carbonyl (C=O) groups is 1. The predicted molar refractivity (Wildman–Crippen MR) is 128 cm³/mol. The molecular formula is C24H20ClFN4O3. The third-order valence-corrected chi connectivity index (χ3v) is 5.59. The number of anilines is 2. The Hall–Kier alpha value is -3.91.